The van der Waals surface area contributed by atoms with Crippen LogP contribution in [0.25, 0.3) is 0 Å². The average Bonchev–Trinajstić information content (AvgIpc) is 2.39. The Morgan fingerprint density at radius 2 is 1.10 bits per heavy atom. The van der Waals surface area contributed by atoms with Crippen molar-refractivity contribution in [3.05, 3.63) is 0 Å². The monoisotopic (exact) mass is 284 g/mol. The van der Waals surface area contributed by atoms with Gasteiger partial charge in [0.1, 0.15) is 11.6 Å². The summed E-state index contributed by atoms with van der Waals surface area (Å²) in [6.07, 6.45) is 13.1. The van der Waals surface area contributed by atoms with E-state index in [4.69, 9.17) is 0 Å². The van der Waals surface area contributed by atoms with Gasteiger partial charge < -0.3 is 4.79 Å². The predicted octanol–water partition coefficient (Wildman–Crippen LogP) is 5.87. The van der Waals surface area contributed by atoms with Crippen LogP contribution in [0.4, 0.5) is 0 Å². The van der Waals surface area contributed by atoms with Crippen molar-refractivity contribution in [2.75, 3.05) is 0 Å². The summed E-state index contributed by atoms with van der Waals surface area (Å²) in [5.74, 6) is 0.771. The van der Waals surface area contributed by atoms with Crippen molar-refractivity contribution in [2.24, 2.45) is 0 Å². The molecule has 2 nitrogen and oxygen atoms in total. The number of carbonyl (C=O) groups is 2. The van der Waals surface area contributed by atoms with Crippen molar-refractivity contribution < 1.29 is 9.59 Å². The third kappa shape index (κ3) is 22.5. The van der Waals surface area contributed by atoms with Crippen LogP contribution in [0.15, 0.2) is 0 Å². The molecule has 0 aliphatic carbocycles. The third-order valence-electron chi connectivity index (χ3n) is 3.22. The van der Waals surface area contributed by atoms with Gasteiger partial charge in [0.2, 0.25) is 0 Å². The molecule has 0 rings (SSSR count). The number of hydrogen-bond acceptors (Lipinski definition) is 2. The summed E-state index contributed by atoms with van der Waals surface area (Å²) in [5.41, 5.74) is 0. The van der Waals surface area contributed by atoms with E-state index < -0.39 is 0 Å². The number of ketones is 2. The van der Waals surface area contributed by atoms with Gasteiger partial charge in [-0.05, 0) is 26.2 Å². The third-order valence-corrected chi connectivity index (χ3v) is 3.22. The molecule has 0 atom stereocenters. The van der Waals surface area contributed by atoms with Gasteiger partial charge in [0.05, 0.1) is 0 Å². The first-order valence-corrected chi connectivity index (χ1v) is 8.59. The first-order chi connectivity index (χ1) is 9.58. The predicted molar refractivity (Wildman–Crippen MR) is 88.1 cm³/mol. The van der Waals surface area contributed by atoms with Gasteiger partial charge in [-0.2, -0.15) is 0 Å². The largest absolute Gasteiger partial charge is 0.300 e. The van der Waals surface area contributed by atoms with Crippen LogP contribution in [0.3, 0.4) is 0 Å². The lowest BCUT2D eigenvalue weighted by Crippen LogP contribution is -1.95. The Labute approximate surface area is 126 Å². The summed E-state index contributed by atoms with van der Waals surface area (Å²) in [5, 5.41) is 0. The molecule has 0 N–H and O–H groups in total. The van der Waals surface area contributed by atoms with Crippen molar-refractivity contribution in [2.45, 2.75) is 105 Å². The minimum absolute atomic E-state index is 0.330. The summed E-state index contributed by atoms with van der Waals surface area (Å²) in [7, 11) is 0. The van der Waals surface area contributed by atoms with Crippen LogP contribution in [0.5, 0.6) is 0 Å². The summed E-state index contributed by atoms with van der Waals surface area (Å²) < 4.78 is 0. The maximum Gasteiger partial charge on any atom is 0.132 e. The van der Waals surface area contributed by atoms with Gasteiger partial charge in [-0.25, -0.2) is 0 Å². The lowest BCUT2D eigenvalue weighted by molar-refractivity contribution is -0.119. The summed E-state index contributed by atoms with van der Waals surface area (Å²) in [6, 6.07) is 0. The van der Waals surface area contributed by atoms with E-state index in [0.717, 1.165) is 38.5 Å². The smallest absolute Gasteiger partial charge is 0.132 e. The average molecular weight is 284 g/mol. The quantitative estimate of drug-likeness (QED) is 0.420. The van der Waals surface area contributed by atoms with Gasteiger partial charge in [0, 0.05) is 19.3 Å². The van der Waals surface area contributed by atoms with E-state index in [1.54, 1.807) is 6.92 Å². The molecule has 0 radical (unpaired) electrons. The fourth-order valence-electron chi connectivity index (χ4n) is 1.95. The summed E-state index contributed by atoms with van der Waals surface area (Å²) >= 11 is 0. The van der Waals surface area contributed by atoms with Crippen LogP contribution >= 0.6 is 0 Å². The highest BCUT2D eigenvalue weighted by atomic mass is 16.1. The molecule has 20 heavy (non-hydrogen) atoms. The molecule has 0 fully saturated rings. The highest BCUT2D eigenvalue weighted by molar-refractivity contribution is 5.78. The number of carbonyl (C=O) groups excluding carboxylic acids is 2. The second-order valence-electron chi connectivity index (χ2n) is 5.61. The zero-order valence-electron chi connectivity index (χ0n) is 14.3. The lowest BCUT2D eigenvalue weighted by Gasteiger charge is -1.96. The first-order valence-electron chi connectivity index (χ1n) is 8.59. The van der Waals surface area contributed by atoms with Gasteiger partial charge in [0.15, 0.2) is 0 Å². The Morgan fingerprint density at radius 1 is 0.600 bits per heavy atom. The normalized spacial score (nSPS) is 9.80. The van der Waals surface area contributed by atoms with Crippen molar-refractivity contribution >= 4 is 11.6 Å². The zero-order valence-corrected chi connectivity index (χ0v) is 14.3. The molecule has 0 aromatic carbocycles. The minimum Gasteiger partial charge on any atom is -0.300 e. The van der Waals surface area contributed by atoms with Crippen LogP contribution < -0.4 is 0 Å². The number of Topliss-reactive ketones (excluding diaryl/α,β-unsaturated/α-hetero) is 2. The van der Waals surface area contributed by atoms with Crippen LogP contribution in [0, 0.1) is 0 Å². The van der Waals surface area contributed by atoms with E-state index in [1.165, 1.54) is 38.5 Å². The van der Waals surface area contributed by atoms with Gasteiger partial charge >= 0.3 is 0 Å². The Balaban J connectivity index is 0. The van der Waals surface area contributed by atoms with E-state index in [9.17, 15) is 9.59 Å². The summed E-state index contributed by atoms with van der Waals surface area (Å²) in [4.78, 5) is 21.4. The molecule has 0 saturated heterocycles. The molecule has 0 amide bonds. The Hall–Kier alpha value is -0.660. The molecule has 120 valence electrons. The SMILES string of the molecule is CCCCCC(=O)CCC.CCCCCCCC(C)=O. The lowest BCUT2D eigenvalue weighted by atomic mass is 10.1. The number of hydrogen-bond donors (Lipinski definition) is 0. The highest BCUT2D eigenvalue weighted by Gasteiger charge is 1.97. The second kappa shape index (κ2) is 18.3. The van der Waals surface area contributed by atoms with Gasteiger partial charge in [-0.1, -0.05) is 59.3 Å². The van der Waals surface area contributed by atoms with Crippen LogP contribution in [0.2, 0.25) is 0 Å². The molecule has 0 aliphatic heterocycles. The van der Waals surface area contributed by atoms with Crippen LogP contribution in [-0.2, 0) is 9.59 Å². The summed E-state index contributed by atoms with van der Waals surface area (Å²) in [6.45, 7) is 8.08. The van der Waals surface area contributed by atoms with Crippen molar-refractivity contribution in [1.29, 1.82) is 0 Å². The highest BCUT2D eigenvalue weighted by Crippen LogP contribution is 2.04. The second-order valence-corrected chi connectivity index (χ2v) is 5.61. The maximum absolute atomic E-state index is 10.9. The molecule has 0 heterocycles. The van der Waals surface area contributed by atoms with E-state index in [1.807, 2.05) is 0 Å². The molecule has 0 bridgehead atoms. The van der Waals surface area contributed by atoms with Gasteiger partial charge in [-0.3, -0.25) is 4.79 Å². The fourth-order valence-corrected chi connectivity index (χ4v) is 1.95. The molecule has 0 aromatic rings. The Bertz CT molecular complexity index is 221. The Kier molecular flexibility index (Phi) is 19.8. The molecule has 0 aliphatic rings. The molecule has 2 heteroatoms. The molecular formula is C18H36O2. The fraction of sp³-hybridized carbons (Fsp3) is 0.889. The minimum atomic E-state index is 0.330. The van der Waals surface area contributed by atoms with E-state index in [0.29, 0.717) is 11.6 Å². The van der Waals surface area contributed by atoms with E-state index in [-0.39, 0.29) is 0 Å². The zero-order chi connectivity index (χ0) is 15.6. The maximum atomic E-state index is 10.9. The van der Waals surface area contributed by atoms with E-state index in [2.05, 4.69) is 20.8 Å². The number of rotatable bonds is 12. The van der Waals surface area contributed by atoms with Gasteiger partial charge in [0.25, 0.3) is 0 Å². The first kappa shape index (κ1) is 21.6. The molecular weight excluding hydrogens is 248 g/mol. The van der Waals surface area contributed by atoms with Crippen molar-refractivity contribution in [3.8, 4) is 0 Å². The van der Waals surface area contributed by atoms with E-state index >= 15 is 0 Å². The standard InChI is InChI=1S/2C9H18O/c1-3-4-5-6-7-8-9(2)10;1-3-5-6-8-9(10)7-4-2/h2*3-8H2,1-2H3. The molecule has 0 spiro atoms. The molecule has 0 aromatic heterocycles. The molecule has 0 saturated carbocycles. The van der Waals surface area contributed by atoms with Crippen molar-refractivity contribution in [3.63, 3.8) is 0 Å². The number of unbranched alkanes of at least 4 members (excludes halogenated alkanes) is 6. The van der Waals surface area contributed by atoms with Gasteiger partial charge in [-0.15, -0.1) is 0 Å². The van der Waals surface area contributed by atoms with Crippen LogP contribution in [-0.4, -0.2) is 11.6 Å². The van der Waals surface area contributed by atoms with Crippen molar-refractivity contribution in [1.82, 2.24) is 0 Å². The Morgan fingerprint density at radius 3 is 1.60 bits per heavy atom. The topological polar surface area (TPSA) is 34.1 Å². The van der Waals surface area contributed by atoms with Crippen LogP contribution in [0.1, 0.15) is 105 Å². The molecule has 0 unspecified atom stereocenters.